The molecule has 0 unspecified atom stereocenters. The fourth-order valence-corrected chi connectivity index (χ4v) is 3.90. The first-order valence-corrected chi connectivity index (χ1v) is 10.4. The fraction of sp³-hybridized carbons (Fsp3) is 0.261. The molecule has 2 amide bonds. The number of carbonyl (C=O) groups excluding carboxylic acids is 2. The fourth-order valence-electron chi connectivity index (χ4n) is 3.90. The van der Waals surface area contributed by atoms with Gasteiger partial charge in [-0.05, 0) is 37.3 Å². The van der Waals surface area contributed by atoms with Crippen LogP contribution in [0.1, 0.15) is 44.3 Å². The number of carboxylic acid groups (broad SMARTS) is 1. The van der Waals surface area contributed by atoms with Gasteiger partial charge in [0.05, 0.1) is 36.5 Å². The molecule has 2 aromatic heterocycles. The van der Waals surface area contributed by atoms with Gasteiger partial charge in [-0.2, -0.15) is 0 Å². The van der Waals surface area contributed by atoms with Crippen molar-refractivity contribution < 1.29 is 19.5 Å². The van der Waals surface area contributed by atoms with Crippen molar-refractivity contribution in [3.05, 3.63) is 70.9 Å². The number of carbonyl (C=O) groups is 3. The lowest BCUT2D eigenvalue weighted by Crippen LogP contribution is -2.32. The molecule has 3 N–H and O–H groups in total. The van der Waals surface area contributed by atoms with Crippen LogP contribution in [-0.4, -0.2) is 60.8 Å². The average Bonchev–Trinajstić information content (AvgIpc) is 3.09. The first kappa shape index (κ1) is 22.0. The van der Waals surface area contributed by atoms with E-state index in [1.165, 1.54) is 9.80 Å². The summed E-state index contributed by atoms with van der Waals surface area (Å²) in [7, 11) is 1.67. The minimum absolute atomic E-state index is 0.0656. The van der Waals surface area contributed by atoms with E-state index in [9.17, 15) is 14.4 Å². The zero-order valence-electron chi connectivity index (χ0n) is 18.4. The molecule has 1 aromatic carbocycles. The molecule has 0 aliphatic carbocycles. The van der Waals surface area contributed by atoms with Crippen molar-refractivity contribution in [2.24, 2.45) is 0 Å². The summed E-state index contributed by atoms with van der Waals surface area (Å²) in [6, 6.07) is 10.2. The van der Waals surface area contributed by atoms with Crippen LogP contribution in [0.3, 0.4) is 0 Å². The van der Waals surface area contributed by atoms with Crippen molar-refractivity contribution in [1.29, 1.82) is 0 Å². The van der Waals surface area contributed by atoms with E-state index < -0.39 is 5.97 Å². The van der Waals surface area contributed by atoms with Gasteiger partial charge in [0.15, 0.2) is 0 Å². The summed E-state index contributed by atoms with van der Waals surface area (Å²) in [6.07, 6.45) is 1.52. The quantitative estimate of drug-likeness (QED) is 0.588. The summed E-state index contributed by atoms with van der Waals surface area (Å²) >= 11 is 0. The second kappa shape index (κ2) is 8.73. The Morgan fingerprint density at radius 3 is 2.76 bits per heavy atom. The molecule has 170 valence electrons. The number of hydrogen-bond acceptors (Lipinski definition) is 6. The molecule has 33 heavy (non-hydrogen) atoms. The number of rotatable bonds is 6. The number of nitrogen functional groups attached to an aromatic ring is 1. The smallest absolute Gasteiger partial charge is 0.305 e. The maximum absolute atomic E-state index is 13.2. The van der Waals surface area contributed by atoms with Gasteiger partial charge in [0.2, 0.25) is 0 Å². The lowest BCUT2D eigenvalue weighted by molar-refractivity contribution is -0.137. The van der Waals surface area contributed by atoms with E-state index >= 15 is 0 Å². The van der Waals surface area contributed by atoms with Crippen molar-refractivity contribution >= 4 is 23.6 Å². The number of fused-ring (bicyclic) bond motifs is 3. The highest BCUT2D eigenvalue weighted by Gasteiger charge is 2.29. The number of pyridine rings is 1. The molecule has 10 nitrogen and oxygen atoms in total. The maximum atomic E-state index is 13.2. The number of imidazole rings is 1. The number of anilines is 1. The summed E-state index contributed by atoms with van der Waals surface area (Å²) in [4.78, 5) is 49.0. The van der Waals surface area contributed by atoms with Crippen LogP contribution in [0.15, 0.2) is 42.6 Å². The van der Waals surface area contributed by atoms with Gasteiger partial charge in [0, 0.05) is 31.0 Å². The van der Waals surface area contributed by atoms with E-state index in [1.54, 1.807) is 49.6 Å². The molecule has 0 radical (unpaired) electrons. The standard InChI is InChI=1S/C23H24N6O4/c1-14-11-25-20-13-28(9-8-21(30)31)23(33)17-7-6-15(10-18(17)29(14)20)22(32)27(2)12-16-4-3-5-19(24)26-16/h3-7,10-11H,8-9,12-13H2,1-2H3,(H2,24,26)(H,30,31). The van der Waals surface area contributed by atoms with Crippen LogP contribution in [0.25, 0.3) is 5.69 Å². The van der Waals surface area contributed by atoms with Gasteiger partial charge in [-0.3, -0.25) is 19.0 Å². The van der Waals surface area contributed by atoms with E-state index in [1.807, 2.05) is 11.5 Å². The Kier molecular flexibility index (Phi) is 5.82. The molecule has 3 heterocycles. The zero-order chi connectivity index (χ0) is 23.7. The van der Waals surface area contributed by atoms with Gasteiger partial charge in [-0.15, -0.1) is 0 Å². The Morgan fingerprint density at radius 1 is 1.24 bits per heavy atom. The van der Waals surface area contributed by atoms with Gasteiger partial charge in [-0.25, -0.2) is 9.97 Å². The van der Waals surface area contributed by atoms with Crippen molar-refractivity contribution in [2.75, 3.05) is 19.3 Å². The third-order valence-corrected chi connectivity index (χ3v) is 5.52. The molecular formula is C23H24N6O4. The van der Waals surface area contributed by atoms with Gasteiger partial charge in [0.1, 0.15) is 11.6 Å². The summed E-state index contributed by atoms with van der Waals surface area (Å²) in [5.41, 5.74) is 8.54. The second-order valence-electron chi connectivity index (χ2n) is 7.97. The topological polar surface area (TPSA) is 135 Å². The molecule has 0 saturated heterocycles. The summed E-state index contributed by atoms with van der Waals surface area (Å²) in [5, 5.41) is 9.05. The van der Waals surface area contributed by atoms with Gasteiger partial charge in [0.25, 0.3) is 11.8 Å². The Balaban J connectivity index is 1.68. The van der Waals surface area contributed by atoms with Gasteiger partial charge in [-0.1, -0.05) is 6.07 Å². The largest absolute Gasteiger partial charge is 0.481 e. The number of nitrogens with two attached hydrogens (primary N) is 1. The normalized spacial score (nSPS) is 12.7. The molecule has 10 heteroatoms. The monoisotopic (exact) mass is 448 g/mol. The van der Waals surface area contributed by atoms with E-state index in [2.05, 4.69) is 9.97 Å². The molecule has 1 aliphatic heterocycles. The van der Waals surface area contributed by atoms with Crippen molar-refractivity contribution in [3.63, 3.8) is 0 Å². The van der Waals surface area contributed by atoms with Gasteiger partial charge < -0.3 is 20.6 Å². The lowest BCUT2D eigenvalue weighted by Gasteiger charge is -2.20. The first-order valence-electron chi connectivity index (χ1n) is 10.4. The second-order valence-corrected chi connectivity index (χ2v) is 7.97. The number of benzene rings is 1. The number of aryl methyl sites for hydroxylation is 1. The number of aromatic nitrogens is 3. The predicted molar refractivity (Wildman–Crippen MR) is 120 cm³/mol. The summed E-state index contributed by atoms with van der Waals surface area (Å²) in [5.74, 6) is -0.530. The molecule has 0 bridgehead atoms. The first-order chi connectivity index (χ1) is 15.7. The van der Waals surface area contributed by atoms with Crippen LogP contribution < -0.4 is 5.73 Å². The number of hydrogen-bond donors (Lipinski definition) is 2. The van der Waals surface area contributed by atoms with Crippen molar-refractivity contribution in [1.82, 2.24) is 24.3 Å². The average molecular weight is 448 g/mol. The summed E-state index contributed by atoms with van der Waals surface area (Å²) < 4.78 is 1.84. The van der Waals surface area contributed by atoms with E-state index in [-0.39, 0.29) is 37.9 Å². The number of nitrogens with zero attached hydrogens (tertiary/aromatic N) is 5. The van der Waals surface area contributed by atoms with E-state index in [0.717, 1.165) is 5.69 Å². The van der Waals surface area contributed by atoms with Crippen molar-refractivity contribution in [3.8, 4) is 5.69 Å². The molecule has 1 aliphatic rings. The van der Waals surface area contributed by atoms with Crippen LogP contribution in [0.2, 0.25) is 0 Å². The minimum atomic E-state index is -0.981. The third kappa shape index (κ3) is 4.40. The number of carboxylic acids is 1. The Bertz CT molecular complexity index is 1250. The maximum Gasteiger partial charge on any atom is 0.305 e. The van der Waals surface area contributed by atoms with Crippen LogP contribution in [0.5, 0.6) is 0 Å². The van der Waals surface area contributed by atoms with Crippen LogP contribution in [0, 0.1) is 6.92 Å². The Labute approximate surface area is 190 Å². The summed E-state index contributed by atoms with van der Waals surface area (Å²) in [6.45, 7) is 2.39. The number of amides is 2. The van der Waals surface area contributed by atoms with E-state index in [0.29, 0.717) is 34.2 Å². The molecule has 0 atom stereocenters. The molecular weight excluding hydrogens is 424 g/mol. The van der Waals surface area contributed by atoms with Crippen molar-refractivity contribution in [2.45, 2.75) is 26.4 Å². The highest BCUT2D eigenvalue weighted by molar-refractivity contribution is 6.01. The highest BCUT2D eigenvalue weighted by Crippen LogP contribution is 2.27. The van der Waals surface area contributed by atoms with Crippen LogP contribution in [-0.2, 0) is 17.9 Å². The van der Waals surface area contributed by atoms with E-state index in [4.69, 9.17) is 10.8 Å². The van der Waals surface area contributed by atoms with Gasteiger partial charge >= 0.3 is 5.97 Å². The number of aliphatic carboxylic acids is 1. The molecule has 3 aromatic rings. The lowest BCUT2D eigenvalue weighted by atomic mass is 10.1. The minimum Gasteiger partial charge on any atom is -0.481 e. The Hall–Kier alpha value is -4.21. The SMILES string of the molecule is Cc1cnc2n1-c1cc(C(=O)N(C)Cc3cccc(N)n3)ccc1C(=O)N(CCC(=O)O)C2. The molecule has 0 fully saturated rings. The third-order valence-electron chi connectivity index (χ3n) is 5.52. The van der Waals surface area contributed by atoms with Crippen LogP contribution >= 0.6 is 0 Å². The molecule has 0 spiro atoms. The highest BCUT2D eigenvalue weighted by atomic mass is 16.4. The Morgan fingerprint density at radius 2 is 2.03 bits per heavy atom. The zero-order valence-corrected chi connectivity index (χ0v) is 18.4. The van der Waals surface area contributed by atoms with Crippen LogP contribution in [0.4, 0.5) is 5.82 Å². The predicted octanol–water partition coefficient (Wildman–Crippen LogP) is 1.86. The molecule has 0 saturated carbocycles. The molecule has 4 rings (SSSR count).